The maximum atomic E-state index is 10.5. The standard InChI is InChI=1S/C13H11Br2ClOS/c1-6-3-8(10(16)4-7(6)2)12(17)9-5-11(14)18-13(9)15/h3-5,12,17H,1-2H3. The number of hydrogen-bond acceptors (Lipinski definition) is 2. The van der Waals surface area contributed by atoms with Crippen molar-refractivity contribution < 1.29 is 5.11 Å². The van der Waals surface area contributed by atoms with Crippen molar-refractivity contribution in [2.45, 2.75) is 20.0 Å². The van der Waals surface area contributed by atoms with Gasteiger partial charge in [0.15, 0.2) is 0 Å². The minimum atomic E-state index is -0.714. The van der Waals surface area contributed by atoms with Crippen molar-refractivity contribution >= 4 is 54.8 Å². The predicted octanol–water partition coefficient (Wildman–Crippen LogP) is 5.63. The van der Waals surface area contributed by atoms with Gasteiger partial charge in [-0.05, 0) is 69.0 Å². The highest BCUT2D eigenvalue weighted by atomic mass is 79.9. The molecular weight excluding hydrogens is 399 g/mol. The highest BCUT2D eigenvalue weighted by Crippen LogP contribution is 2.39. The third-order valence-corrected chi connectivity index (χ3v) is 5.60. The van der Waals surface area contributed by atoms with Crippen LogP contribution in [0.5, 0.6) is 0 Å². The average Bonchev–Trinajstić information content (AvgIpc) is 2.62. The first-order valence-electron chi connectivity index (χ1n) is 5.29. The first kappa shape index (κ1) is 14.5. The van der Waals surface area contributed by atoms with E-state index < -0.39 is 6.10 Å². The molecule has 0 radical (unpaired) electrons. The topological polar surface area (TPSA) is 20.2 Å². The monoisotopic (exact) mass is 408 g/mol. The van der Waals surface area contributed by atoms with Gasteiger partial charge in [-0.15, -0.1) is 11.3 Å². The summed E-state index contributed by atoms with van der Waals surface area (Å²) in [6, 6.07) is 5.75. The Morgan fingerprint density at radius 2 is 1.72 bits per heavy atom. The highest BCUT2D eigenvalue weighted by molar-refractivity contribution is 9.12. The molecule has 0 fully saturated rings. The summed E-state index contributed by atoms with van der Waals surface area (Å²) in [6.45, 7) is 4.02. The average molecular weight is 411 g/mol. The molecule has 1 nitrogen and oxygen atoms in total. The second kappa shape index (κ2) is 5.63. The molecule has 2 rings (SSSR count). The van der Waals surface area contributed by atoms with Gasteiger partial charge in [0.1, 0.15) is 6.10 Å². The van der Waals surface area contributed by atoms with Crippen molar-refractivity contribution in [2.24, 2.45) is 0 Å². The van der Waals surface area contributed by atoms with Gasteiger partial charge in [-0.25, -0.2) is 0 Å². The highest BCUT2D eigenvalue weighted by Gasteiger charge is 2.19. The number of aryl methyl sites for hydroxylation is 2. The van der Waals surface area contributed by atoms with Crippen molar-refractivity contribution in [2.75, 3.05) is 0 Å². The predicted molar refractivity (Wildman–Crippen MR) is 84.7 cm³/mol. The van der Waals surface area contributed by atoms with E-state index in [-0.39, 0.29) is 0 Å². The lowest BCUT2D eigenvalue weighted by atomic mass is 9.99. The van der Waals surface area contributed by atoms with Crippen LogP contribution in [0.1, 0.15) is 28.4 Å². The van der Waals surface area contributed by atoms with Crippen molar-refractivity contribution in [1.29, 1.82) is 0 Å². The van der Waals surface area contributed by atoms with E-state index in [1.165, 1.54) is 11.3 Å². The second-order valence-electron chi connectivity index (χ2n) is 4.14. The van der Waals surface area contributed by atoms with Crippen LogP contribution in [-0.4, -0.2) is 5.11 Å². The zero-order valence-electron chi connectivity index (χ0n) is 9.80. The van der Waals surface area contributed by atoms with Crippen molar-refractivity contribution in [3.05, 3.63) is 53.0 Å². The Hall–Kier alpha value is 0.130. The Balaban J connectivity index is 2.49. The van der Waals surface area contributed by atoms with Gasteiger partial charge in [-0.2, -0.15) is 0 Å². The molecule has 1 heterocycles. The van der Waals surface area contributed by atoms with E-state index in [1.54, 1.807) is 0 Å². The number of hydrogen-bond donors (Lipinski definition) is 1. The Morgan fingerprint density at radius 1 is 1.11 bits per heavy atom. The van der Waals surface area contributed by atoms with E-state index in [2.05, 4.69) is 31.9 Å². The lowest BCUT2D eigenvalue weighted by molar-refractivity contribution is 0.220. The minimum absolute atomic E-state index is 0.597. The van der Waals surface area contributed by atoms with Gasteiger partial charge in [0.25, 0.3) is 0 Å². The van der Waals surface area contributed by atoms with E-state index in [1.807, 2.05) is 32.0 Å². The second-order valence-corrected chi connectivity index (χ2v) is 8.30. The first-order chi connectivity index (χ1) is 8.40. The molecule has 0 bridgehead atoms. The van der Waals surface area contributed by atoms with Gasteiger partial charge in [-0.3, -0.25) is 0 Å². The molecule has 0 saturated heterocycles. The van der Waals surface area contributed by atoms with Crippen LogP contribution in [0.2, 0.25) is 5.02 Å². The molecule has 0 spiro atoms. The van der Waals surface area contributed by atoms with E-state index in [4.69, 9.17) is 11.6 Å². The number of aliphatic hydroxyl groups is 1. The van der Waals surface area contributed by atoms with E-state index >= 15 is 0 Å². The van der Waals surface area contributed by atoms with Gasteiger partial charge < -0.3 is 5.11 Å². The lowest BCUT2D eigenvalue weighted by Gasteiger charge is -2.14. The molecule has 0 saturated carbocycles. The Morgan fingerprint density at radius 3 is 2.28 bits per heavy atom. The number of benzene rings is 1. The van der Waals surface area contributed by atoms with Gasteiger partial charge >= 0.3 is 0 Å². The zero-order chi connectivity index (χ0) is 13.4. The van der Waals surface area contributed by atoms with Crippen LogP contribution >= 0.6 is 54.8 Å². The van der Waals surface area contributed by atoms with E-state index in [0.29, 0.717) is 5.02 Å². The largest absolute Gasteiger partial charge is 0.384 e. The summed E-state index contributed by atoms with van der Waals surface area (Å²) in [7, 11) is 0. The summed E-state index contributed by atoms with van der Waals surface area (Å²) in [4.78, 5) is 0. The molecule has 5 heteroatoms. The minimum Gasteiger partial charge on any atom is -0.384 e. The molecule has 0 aliphatic rings. The summed E-state index contributed by atoms with van der Waals surface area (Å²) in [5.41, 5.74) is 3.82. The third kappa shape index (κ3) is 2.83. The van der Waals surface area contributed by atoms with Crippen LogP contribution in [0.4, 0.5) is 0 Å². The summed E-state index contributed by atoms with van der Waals surface area (Å²) in [5.74, 6) is 0. The Kier molecular flexibility index (Phi) is 4.55. The Labute approximate surface area is 132 Å². The SMILES string of the molecule is Cc1cc(Cl)c(C(O)c2cc(Br)sc2Br)cc1C. The van der Waals surface area contributed by atoms with Crippen LogP contribution in [0.15, 0.2) is 25.8 Å². The van der Waals surface area contributed by atoms with Crippen LogP contribution in [-0.2, 0) is 0 Å². The Bertz CT molecular complexity index is 595. The van der Waals surface area contributed by atoms with Gasteiger partial charge in [0.05, 0.1) is 7.57 Å². The molecule has 1 unspecified atom stereocenters. The van der Waals surface area contributed by atoms with Crippen molar-refractivity contribution in [1.82, 2.24) is 0 Å². The molecule has 1 atom stereocenters. The molecule has 96 valence electrons. The molecular formula is C13H11Br2ClOS. The summed E-state index contributed by atoms with van der Waals surface area (Å²) in [5, 5.41) is 11.1. The number of rotatable bonds is 2. The van der Waals surface area contributed by atoms with Crippen molar-refractivity contribution in [3.8, 4) is 0 Å². The fourth-order valence-corrected chi connectivity index (χ4v) is 4.93. The maximum Gasteiger partial charge on any atom is 0.107 e. The quantitative estimate of drug-likeness (QED) is 0.681. The van der Waals surface area contributed by atoms with E-state index in [9.17, 15) is 5.11 Å². The number of halogens is 3. The molecule has 1 aromatic heterocycles. The summed E-state index contributed by atoms with van der Waals surface area (Å²) >= 11 is 14.6. The third-order valence-electron chi connectivity index (χ3n) is 2.89. The molecule has 0 amide bonds. The molecule has 18 heavy (non-hydrogen) atoms. The van der Waals surface area contributed by atoms with Gasteiger partial charge in [-0.1, -0.05) is 17.7 Å². The van der Waals surface area contributed by atoms with Crippen LogP contribution < -0.4 is 0 Å². The summed E-state index contributed by atoms with van der Waals surface area (Å²) < 4.78 is 1.89. The molecule has 2 aromatic rings. The number of aliphatic hydroxyl groups excluding tert-OH is 1. The molecule has 0 aliphatic heterocycles. The maximum absolute atomic E-state index is 10.5. The fourth-order valence-electron chi connectivity index (χ4n) is 1.72. The lowest BCUT2D eigenvalue weighted by Crippen LogP contribution is -2.01. The number of thiophene rings is 1. The van der Waals surface area contributed by atoms with Crippen LogP contribution in [0, 0.1) is 13.8 Å². The van der Waals surface area contributed by atoms with Crippen molar-refractivity contribution in [3.63, 3.8) is 0 Å². The van der Waals surface area contributed by atoms with Gasteiger partial charge in [0, 0.05) is 16.1 Å². The molecule has 1 N–H and O–H groups in total. The molecule has 0 aliphatic carbocycles. The van der Waals surface area contributed by atoms with Crippen LogP contribution in [0.3, 0.4) is 0 Å². The van der Waals surface area contributed by atoms with E-state index in [0.717, 1.165) is 29.8 Å². The van der Waals surface area contributed by atoms with Crippen LogP contribution in [0.25, 0.3) is 0 Å². The fraction of sp³-hybridized carbons (Fsp3) is 0.231. The first-order valence-corrected chi connectivity index (χ1v) is 8.07. The smallest absolute Gasteiger partial charge is 0.107 e. The normalized spacial score (nSPS) is 12.8. The molecule has 1 aromatic carbocycles. The van der Waals surface area contributed by atoms with Gasteiger partial charge in [0.2, 0.25) is 0 Å². The zero-order valence-corrected chi connectivity index (χ0v) is 14.5. The summed E-state index contributed by atoms with van der Waals surface area (Å²) in [6.07, 6.45) is -0.714.